The fraction of sp³-hybridized carbons (Fsp3) is 0.0690. The molecule has 4 nitrogen and oxygen atoms in total. The van der Waals surface area contributed by atoms with E-state index in [2.05, 4.69) is 224 Å². The number of rotatable bonds is 4. The van der Waals surface area contributed by atoms with Gasteiger partial charge in [-0.25, -0.2) is 9.97 Å². The molecule has 13 rings (SSSR count). The van der Waals surface area contributed by atoms with Crippen LogP contribution in [0.15, 0.2) is 212 Å². The molecule has 3 heterocycles. The number of ether oxygens (including phenoxy) is 1. The number of aromatic nitrogens is 3. The van der Waals surface area contributed by atoms with Crippen molar-refractivity contribution in [2.45, 2.75) is 17.8 Å². The van der Waals surface area contributed by atoms with Crippen molar-refractivity contribution in [3.8, 4) is 51.0 Å². The van der Waals surface area contributed by atoms with Crippen LogP contribution in [0.4, 0.5) is 0 Å². The molecule has 2 unspecified atom stereocenters. The SMILES string of the molecule is CC12C=CC=CC1C1(c3ccccc3Oc3ccccc31)c1c(-c3nc(-c4ccc(-c5ccc6c(c5)c5ccccc5n6-c5ccccc5)cc4)nc4ccccc34)cccc12. The summed E-state index contributed by atoms with van der Waals surface area (Å²) < 4.78 is 9.08. The first-order chi connectivity index (χ1) is 30.6. The maximum Gasteiger partial charge on any atom is 0.160 e. The van der Waals surface area contributed by atoms with Crippen molar-refractivity contribution in [3.05, 3.63) is 235 Å². The number of hydrogen-bond donors (Lipinski definition) is 0. The van der Waals surface area contributed by atoms with Gasteiger partial charge in [0.05, 0.1) is 27.7 Å². The normalized spacial score (nSPS) is 17.8. The van der Waals surface area contributed by atoms with Gasteiger partial charge in [0.1, 0.15) is 11.5 Å². The third-order valence-electron chi connectivity index (χ3n) is 13.9. The Hall–Kier alpha value is -7.82. The number of nitrogens with zero attached hydrogens (tertiary/aromatic N) is 3. The molecule has 2 atom stereocenters. The molecule has 0 fully saturated rings. The van der Waals surface area contributed by atoms with Gasteiger partial charge in [0.25, 0.3) is 0 Å². The van der Waals surface area contributed by atoms with Crippen LogP contribution in [-0.2, 0) is 10.8 Å². The molecule has 0 bridgehead atoms. The van der Waals surface area contributed by atoms with Crippen molar-refractivity contribution in [1.29, 1.82) is 0 Å². The Morgan fingerprint density at radius 3 is 1.97 bits per heavy atom. The van der Waals surface area contributed by atoms with Crippen LogP contribution in [0.3, 0.4) is 0 Å². The lowest BCUT2D eigenvalue weighted by Gasteiger charge is -2.45. The van der Waals surface area contributed by atoms with Crippen molar-refractivity contribution in [2.24, 2.45) is 5.92 Å². The van der Waals surface area contributed by atoms with Gasteiger partial charge in [-0.2, -0.15) is 0 Å². The minimum Gasteiger partial charge on any atom is -0.457 e. The second-order valence-corrected chi connectivity index (χ2v) is 17.0. The molecule has 0 amide bonds. The Morgan fingerprint density at radius 2 is 1.16 bits per heavy atom. The molecule has 0 N–H and O–H groups in total. The molecule has 2 aromatic heterocycles. The van der Waals surface area contributed by atoms with Gasteiger partial charge >= 0.3 is 0 Å². The summed E-state index contributed by atoms with van der Waals surface area (Å²) in [5.41, 5.74) is 13.9. The van der Waals surface area contributed by atoms with Crippen LogP contribution in [0, 0.1) is 5.92 Å². The van der Waals surface area contributed by atoms with Gasteiger partial charge in [0, 0.05) is 55.4 Å². The monoisotopic (exact) mass is 793 g/mol. The van der Waals surface area contributed by atoms with Gasteiger partial charge in [-0.3, -0.25) is 0 Å². The molecule has 0 radical (unpaired) electrons. The van der Waals surface area contributed by atoms with Crippen LogP contribution >= 0.6 is 0 Å². The predicted octanol–water partition coefficient (Wildman–Crippen LogP) is 14.2. The average molecular weight is 794 g/mol. The minimum atomic E-state index is -0.546. The molecule has 8 aromatic carbocycles. The quantitative estimate of drug-likeness (QED) is 0.178. The molecule has 0 saturated carbocycles. The minimum absolute atomic E-state index is 0.0941. The highest BCUT2D eigenvalue weighted by molar-refractivity contribution is 6.10. The second-order valence-electron chi connectivity index (χ2n) is 17.0. The highest BCUT2D eigenvalue weighted by Gasteiger charge is 2.62. The van der Waals surface area contributed by atoms with Gasteiger partial charge in [0.2, 0.25) is 0 Å². The maximum absolute atomic E-state index is 6.72. The summed E-state index contributed by atoms with van der Waals surface area (Å²) in [7, 11) is 0. The van der Waals surface area contributed by atoms with Crippen molar-refractivity contribution < 1.29 is 4.74 Å². The first-order valence-corrected chi connectivity index (χ1v) is 21.4. The lowest BCUT2D eigenvalue weighted by atomic mass is 9.58. The lowest BCUT2D eigenvalue weighted by molar-refractivity contribution is 0.329. The summed E-state index contributed by atoms with van der Waals surface area (Å²) in [6, 6.07) is 67.4. The number of para-hydroxylation sites is 5. The first kappa shape index (κ1) is 35.0. The molecule has 1 spiro atoms. The van der Waals surface area contributed by atoms with Crippen LogP contribution in [-0.4, -0.2) is 14.5 Å². The molecule has 2 aliphatic carbocycles. The van der Waals surface area contributed by atoms with E-state index in [4.69, 9.17) is 14.7 Å². The smallest absolute Gasteiger partial charge is 0.160 e. The van der Waals surface area contributed by atoms with E-state index < -0.39 is 5.41 Å². The van der Waals surface area contributed by atoms with E-state index >= 15 is 0 Å². The third kappa shape index (κ3) is 4.78. The number of allylic oxidation sites excluding steroid dienone is 4. The van der Waals surface area contributed by atoms with Crippen LogP contribution in [0.5, 0.6) is 11.5 Å². The van der Waals surface area contributed by atoms with Gasteiger partial charge in [-0.05, 0) is 70.8 Å². The third-order valence-corrected chi connectivity index (χ3v) is 13.9. The van der Waals surface area contributed by atoms with Gasteiger partial charge < -0.3 is 9.30 Å². The molecule has 62 heavy (non-hydrogen) atoms. The van der Waals surface area contributed by atoms with E-state index in [0.717, 1.165) is 50.5 Å². The van der Waals surface area contributed by atoms with Gasteiger partial charge in [-0.1, -0.05) is 171 Å². The van der Waals surface area contributed by atoms with Crippen LogP contribution in [0.2, 0.25) is 0 Å². The van der Waals surface area contributed by atoms with E-state index in [9.17, 15) is 0 Å². The van der Waals surface area contributed by atoms with Crippen LogP contribution < -0.4 is 4.74 Å². The van der Waals surface area contributed by atoms with E-state index in [1.165, 1.54) is 49.6 Å². The average Bonchev–Trinajstić information content (AvgIpc) is 3.79. The Labute approximate surface area is 359 Å². The topological polar surface area (TPSA) is 39.9 Å². The number of hydrogen-bond acceptors (Lipinski definition) is 3. The predicted molar refractivity (Wildman–Crippen MR) is 252 cm³/mol. The molecule has 0 saturated heterocycles. The van der Waals surface area contributed by atoms with Crippen LogP contribution in [0.25, 0.3) is 72.2 Å². The molecule has 4 heteroatoms. The molecular formula is C58H39N3O. The maximum atomic E-state index is 6.72. The second kappa shape index (κ2) is 13.1. The van der Waals surface area contributed by atoms with E-state index in [-0.39, 0.29) is 11.3 Å². The summed E-state index contributed by atoms with van der Waals surface area (Å²) in [6.07, 6.45) is 9.27. The van der Waals surface area contributed by atoms with Crippen molar-refractivity contribution in [1.82, 2.24) is 14.5 Å². The highest BCUT2D eigenvalue weighted by atomic mass is 16.5. The molecule has 10 aromatic rings. The molecule has 1 aliphatic heterocycles. The Balaban J connectivity index is 0.985. The molecule has 292 valence electrons. The summed E-state index contributed by atoms with van der Waals surface area (Å²) >= 11 is 0. The highest BCUT2D eigenvalue weighted by Crippen LogP contribution is 2.68. The summed E-state index contributed by atoms with van der Waals surface area (Å²) in [6.45, 7) is 2.40. The Morgan fingerprint density at radius 1 is 0.516 bits per heavy atom. The van der Waals surface area contributed by atoms with E-state index in [1.807, 2.05) is 0 Å². The number of fused-ring (bicyclic) bond motifs is 13. The van der Waals surface area contributed by atoms with Gasteiger partial charge in [0.15, 0.2) is 5.82 Å². The van der Waals surface area contributed by atoms with Gasteiger partial charge in [-0.15, -0.1) is 0 Å². The van der Waals surface area contributed by atoms with Crippen LogP contribution in [0.1, 0.15) is 29.2 Å². The summed E-state index contributed by atoms with van der Waals surface area (Å²) in [5.74, 6) is 2.59. The zero-order valence-electron chi connectivity index (χ0n) is 34.0. The Kier molecular flexibility index (Phi) is 7.39. The zero-order valence-corrected chi connectivity index (χ0v) is 34.0. The lowest BCUT2D eigenvalue weighted by Crippen LogP contribution is -2.42. The summed E-state index contributed by atoms with van der Waals surface area (Å²) in [4.78, 5) is 10.8. The van der Waals surface area contributed by atoms with E-state index in [0.29, 0.717) is 5.82 Å². The fourth-order valence-corrected chi connectivity index (χ4v) is 11.2. The van der Waals surface area contributed by atoms with E-state index in [1.54, 1.807) is 0 Å². The fourth-order valence-electron chi connectivity index (χ4n) is 11.2. The summed E-state index contributed by atoms with van der Waals surface area (Å²) in [5, 5.41) is 3.50. The van der Waals surface area contributed by atoms with Crippen molar-refractivity contribution in [2.75, 3.05) is 0 Å². The Bertz CT molecular complexity index is 3480. The van der Waals surface area contributed by atoms with Crippen molar-refractivity contribution >= 4 is 32.7 Å². The molecule has 3 aliphatic rings. The van der Waals surface area contributed by atoms with Crippen molar-refractivity contribution in [3.63, 3.8) is 0 Å². The first-order valence-electron chi connectivity index (χ1n) is 21.4. The largest absolute Gasteiger partial charge is 0.457 e. The standard InChI is InChI=1S/C58H39N3O/c1-57-35-14-13-28-53(57)58(45-21-7-11-26-51(45)62-52-27-12-8-22-46(52)58)54-43(20-15-23-47(54)57)55-42-19-5-9-24-48(42)59-56(60-55)38-31-29-37(30-32-38)39-33-34-50-44(36-39)41-18-6-10-25-49(41)61(50)40-16-3-2-4-17-40/h2-36,53H,1H3. The number of benzene rings is 8. The molecular weight excluding hydrogens is 755 g/mol. The zero-order chi connectivity index (χ0) is 41.0.